The zero-order chi connectivity index (χ0) is 17.8. The number of carboxylic acid groups (broad SMARTS) is 1. The maximum atomic E-state index is 11.9. The third kappa shape index (κ3) is 2.61. The predicted octanol–water partition coefficient (Wildman–Crippen LogP) is 4.15. The fourth-order valence-corrected chi connectivity index (χ4v) is 8.81. The van der Waals surface area contributed by atoms with E-state index in [-0.39, 0.29) is 0 Å². The van der Waals surface area contributed by atoms with Crippen LogP contribution in [0.2, 0.25) is 0 Å². The van der Waals surface area contributed by atoms with Gasteiger partial charge >= 0.3 is 147 Å². The molecule has 0 aromatic heterocycles. The van der Waals surface area contributed by atoms with Crippen molar-refractivity contribution in [3.8, 4) is 0 Å². The Morgan fingerprint density at radius 3 is 1.32 bits per heavy atom. The van der Waals surface area contributed by atoms with Gasteiger partial charge in [-0.15, -0.1) is 0 Å². The van der Waals surface area contributed by atoms with Crippen molar-refractivity contribution in [1.82, 2.24) is 0 Å². The van der Waals surface area contributed by atoms with Gasteiger partial charge in [0.1, 0.15) is 0 Å². The van der Waals surface area contributed by atoms with Crippen LogP contribution in [0.25, 0.3) is 0 Å². The average Bonchev–Trinajstić information content (AvgIpc) is 2.68. The molecule has 0 fully saturated rings. The Morgan fingerprint density at radius 1 is 0.760 bits per heavy atom. The molecular formula is C21H21O3P. The molecule has 0 amide bonds. The summed E-state index contributed by atoms with van der Waals surface area (Å²) in [7, 11) is 0. The van der Waals surface area contributed by atoms with Gasteiger partial charge in [0.05, 0.1) is 0 Å². The van der Waals surface area contributed by atoms with Crippen LogP contribution < -0.4 is 15.9 Å². The van der Waals surface area contributed by atoms with Crippen molar-refractivity contribution in [2.75, 3.05) is 6.16 Å². The van der Waals surface area contributed by atoms with Crippen LogP contribution in [0, 0.1) is 0 Å². The van der Waals surface area contributed by atoms with Gasteiger partial charge in [-0.1, -0.05) is 0 Å². The monoisotopic (exact) mass is 352 g/mol. The van der Waals surface area contributed by atoms with Crippen molar-refractivity contribution >= 4 is 28.9 Å². The molecule has 0 saturated carbocycles. The van der Waals surface area contributed by atoms with Crippen LogP contribution in [-0.2, 0) is 4.52 Å². The molecule has 0 unspecified atom stereocenters. The summed E-state index contributed by atoms with van der Waals surface area (Å²) in [6, 6.07) is 29.3. The molecule has 0 radical (unpaired) electrons. The Kier molecular flexibility index (Phi) is 4.61. The average molecular weight is 352 g/mol. The summed E-state index contributed by atoms with van der Waals surface area (Å²) in [5.41, 5.74) is 0. The van der Waals surface area contributed by atoms with Crippen LogP contribution >= 0.6 is 6.83 Å². The first kappa shape index (κ1) is 17.2. The first-order valence-corrected chi connectivity index (χ1v) is 10.6. The molecule has 0 spiro atoms. The second-order valence-corrected chi connectivity index (χ2v) is 10.7. The zero-order valence-corrected chi connectivity index (χ0v) is 15.0. The molecule has 3 aromatic carbocycles. The summed E-state index contributed by atoms with van der Waals surface area (Å²) in [6.07, 6.45) is -0.702. The topological polar surface area (TPSA) is 46.5 Å². The van der Waals surface area contributed by atoms with E-state index in [9.17, 15) is 9.90 Å². The molecule has 0 bridgehead atoms. The fraction of sp³-hybridized carbons (Fsp3) is 0.0952. The Morgan fingerprint density at radius 2 is 1.08 bits per heavy atom. The van der Waals surface area contributed by atoms with Crippen LogP contribution in [0.15, 0.2) is 91.0 Å². The van der Waals surface area contributed by atoms with Crippen LogP contribution in [0.3, 0.4) is 0 Å². The summed E-state index contributed by atoms with van der Waals surface area (Å²) >= 11 is 0. The molecule has 1 N–H and O–H groups in total. The molecule has 128 valence electrons. The van der Waals surface area contributed by atoms with Gasteiger partial charge in [0.25, 0.3) is 0 Å². The maximum absolute atomic E-state index is 11.9. The molecular weight excluding hydrogens is 331 g/mol. The van der Waals surface area contributed by atoms with Crippen LogP contribution in [0.4, 0.5) is 4.79 Å². The molecule has 4 heteroatoms. The normalized spacial score (nSPS) is 12.8. The third-order valence-electron chi connectivity index (χ3n) is 4.79. The summed E-state index contributed by atoms with van der Waals surface area (Å²) < 4.78 is 5.98. The van der Waals surface area contributed by atoms with Crippen molar-refractivity contribution in [3.05, 3.63) is 91.0 Å². The minimum absolute atomic E-state index is 0.552. The first-order valence-electron chi connectivity index (χ1n) is 8.24. The van der Waals surface area contributed by atoms with Crippen LogP contribution in [-0.4, -0.2) is 17.4 Å². The van der Waals surface area contributed by atoms with E-state index in [1.807, 2.05) is 97.9 Å². The Bertz CT molecular complexity index is 749. The van der Waals surface area contributed by atoms with Crippen molar-refractivity contribution in [1.29, 1.82) is 0 Å². The zero-order valence-electron chi connectivity index (χ0n) is 14.1. The van der Waals surface area contributed by atoms with Gasteiger partial charge in [-0.05, 0) is 0 Å². The summed E-state index contributed by atoms with van der Waals surface area (Å²) in [4.78, 5) is 11.9. The van der Waals surface area contributed by atoms with Gasteiger partial charge < -0.3 is 0 Å². The number of benzene rings is 3. The van der Waals surface area contributed by atoms with E-state index in [0.717, 1.165) is 15.9 Å². The van der Waals surface area contributed by atoms with Gasteiger partial charge in [-0.3, -0.25) is 0 Å². The molecule has 3 nitrogen and oxygen atoms in total. The van der Waals surface area contributed by atoms with Crippen molar-refractivity contribution in [2.24, 2.45) is 0 Å². The second-order valence-electron chi connectivity index (χ2n) is 5.89. The Labute approximate surface area is 147 Å². The Hall–Kier alpha value is -2.64. The number of carbonyl (C=O) groups is 1. The van der Waals surface area contributed by atoms with E-state index >= 15 is 0 Å². The molecule has 0 saturated heterocycles. The van der Waals surface area contributed by atoms with Gasteiger partial charge in [0.15, 0.2) is 0 Å². The van der Waals surface area contributed by atoms with Crippen molar-refractivity contribution in [3.63, 3.8) is 0 Å². The van der Waals surface area contributed by atoms with E-state index in [4.69, 9.17) is 4.52 Å². The van der Waals surface area contributed by atoms with E-state index < -0.39 is 13.0 Å². The third-order valence-corrected chi connectivity index (χ3v) is 10.7. The Balaban J connectivity index is 2.50. The molecule has 3 aromatic rings. The van der Waals surface area contributed by atoms with E-state index in [1.54, 1.807) is 0 Å². The number of hydrogen-bond donors (Lipinski definition) is 1. The van der Waals surface area contributed by atoms with Crippen molar-refractivity contribution < 1.29 is 14.4 Å². The van der Waals surface area contributed by atoms with E-state index in [2.05, 4.69) is 0 Å². The van der Waals surface area contributed by atoms with E-state index in [1.165, 1.54) is 0 Å². The molecule has 0 heterocycles. The van der Waals surface area contributed by atoms with Gasteiger partial charge in [0, 0.05) is 0 Å². The van der Waals surface area contributed by atoms with Gasteiger partial charge in [0.2, 0.25) is 0 Å². The van der Waals surface area contributed by atoms with Crippen LogP contribution in [0.1, 0.15) is 6.92 Å². The molecule has 0 aliphatic heterocycles. The van der Waals surface area contributed by atoms with Crippen molar-refractivity contribution in [2.45, 2.75) is 6.92 Å². The SMILES string of the molecule is CCP(OC(=O)O)(c1ccccc1)(c1ccccc1)c1ccccc1. The first-order chi connectivity index (χ1) is 12.1. The van der Waals surface area contributed by atoms with Gasteiger partial charge in [-0.25, -0.2) is 0 Å². The minimum atomic E-state index is -3.62. The molecule has 3 rings (SSSR count). The number of hydrogen-bond acceptors (Lipinski definition) is 2. The molecule has 25 heavy (non-hydrogen) atoms. The van der Waals surface area contributed by atoms with E-state index in [0.29, 0.717) is 6.16 Å². The van der Waals surface area contributed by atoms with Gasteiger partial charge in [-0.2, -0.15) is 0 Å². The standard InChI is InChI=1S/C21H21O3P/c1-2-25(24-21(22)23,18-12-6-3-7-13-18,19-14-8-4-9-15-19)20-16-10-5-11-17-20/h3-17H,2H2,1H3,(H,22,23). The second kappa shape index (κ2) is 6.70. The fourth-order valence-electron chi connectivity index (χ4n) is 3.62. The molecule has 0 aliphatic rings. The summed E-state index contributed by atoms with van der Waals surface area (Å²) in [6.45, 7) is -1.61. The predicted molar refractivity (Wildman–Crippen MR) is 105 cm³/mol. The summed E-state index contributed by atoms with van der Waals surface area (Å²) in [5, 5.41) is 12.5. The molecule has 0 atom stereocenters. The quantitative estimate of drug-likeness (QED) is 0.702. The summed E-state index contributed by atoms with van der Waals surface area (Å²) in [5.74, 6) is 0. The van der Waals surface area contributed by atoms with Crippen LogP contribution in [0.5, 0.6) is 0 Å². The molecule has 0 aliphatic carbocycles. The number of rotatable bonds is 5.